The lowest BCUT2D eigenvalue weighted by molar-refractivity contribution is 0.0952. The van der Waals surface area contributed by atoms with Crippen LogP contribution >= 0.6 is 0 Å². The first-order chi connectivity index (χ1) is 11.6. The van der Waals surface area contributed by atoms with Gasteiger partial charge >= 0.3 is 0 Å². The molecule has 1 aromatic carbocycles. The van der Waals surface area contributed by atoms with Crippen molar-refractivity contribution >= 4 is 11.9 Å². The van der Waals surface area contributed by atoms with Gasteiger partial charge in [-0.15, -0.1) is 0 Å². The molecular formula is C18H25N5O. The number of anilines is 1. The summed E-state index contributed by atoms with van der Waals surface area (Å²) in [5, 5.41) is 6.02. The van der Waals surface area contributed by atoms with Crippen LogP contribution in [0.2, 0.25) is 0 Å². The smallest absolute Gasteiger partial charge is 0.254 e. The van der Waals surface area contributed by atoms with Gasteiger partial charge in [0.05, 0.1) is 5.56 Å². The fourth-order valence-electron chi connectivity index (χ4n) is 2.17. The first-order valence-corrected chi connectivity index (χ1v) is 8.18. The van der Waals surface area contributed by atoms with Gasteiger partial charge in [0.15, 0.2) is 0 Å². The third kappa shape index (κ3) is 6.34. The number of rotatable bonds is 9. The SMILES string of the molecule is CN(C)CCNc1ncc(C(=O)NCCCc2ccccc2)cn1. The van der Waals surface area contributed by atoms with Crippen molar-refractivity contribution in [2.24, 2.45) is 0 Å². The van der Waals surface area contributed by atoms with Gasteiger partial charge in [0, 0.05) is 32.0 Å². The highest BCUT2D eigenvalue weighted by molar-refractivity contribution is 5.93. The Bertz CT molecular complexity index is 613. The Hall–Kier alpha value is -2.47. The Balaban J connectivity index is 1.70. The summed E-state index contributed by atoms with van der Waals surface area (Å²) in [5.74, 6) is 0.403. The fourth-order valence-corrected chi connectivity index (χ4v) is 2.17. The van der Waals surface area contributed by atoms with E-state index >= 15 is 0 Å². The molecule has 0 radical (unpaired) electrons. The van der Waals surface area contributed by atoms with Crippen LogP contribution in [0.1, 0.15) is 22.3 Å². The number of amides is 1. The van der Waals surface area contributed by atoms with Gasteiger partial charge in [0.2, 0.25) is 5.95 Å². The van der Waals surface area contributed by atoms with Crippen molar-refractivity contribution in [1.29, 1.82) is 0 Å². The van der Waals surface area contributed by atoms with Crippen LogP contribution in [0.25, 0.3) is 0 Å². The molecule has 0 aliphatic rings. The average Bonchev–Trinajstić information content (AvgIpc) is 2.60. The molecule has 128 valence electrons. The van der Waals surface area contributed by atoms with Crippen molar-refractivity contribution in [2.45, 2.75) is 12.8 Å². The molecule has 2 N–H and O–H groups in total. The van der Waals surface area contributed by atoms with Crippen molar-refractivity contribution in [3.8, 4) is 0 Å². The van der Waals surface area contributed by atoms with Gasteiger partial charge in [0.25, 0.3) is 5.91 Å². The average molecular weight is 327 g/mol. The van der Waals surface area contributed by atoms with Gasteiger partial charge in [-0.3, -0.25) is 4.79 Å². The van der Waals surface area contributed by atoms with E-state index in [1.165, 1.54) is 5.56 Å². The maximum atomic E-state index is 12.1. The maximum Gasteiger partial charge on any atom is 0.254 e. The van der Waals surface area contributed by atoms with Gasteiger partial charge in [-0.2, -0.15) is 0 Å². The van der Waals surface area contributed by atoms with Crippen molar-refractivity contribution in [2.75, 3.05) is 39.0 Å². The number of hydrogen-bond donors (Lipinski definition) is 2. The Kier molecular flexibility index (Phi) is 7.17. The molecule has 0 atom stereocenters. The minimum absolute atomic E-state index is 0.136. The van der Waals surface area contributed by atoms with E-state index in [9.17, 15) is 4.79 Å². The summed E-state index contributed by atoms with van der Waals surface area (Å²) in [6, 6.07) is 10.2. The molecule has 6 nitrogen and oxygen atoms in total. The lowest BCUT2D eigenvalue weighted by Gasteiger charge is -2.10. The minimum atomic E-state index is -0.136. The van der Waals surface area contributed by atoms with Crippen molar-refractivity contribution in [3.05, 3.63) is 53.9 Å². The molecule has 0 spiro atoms. The van der Waals surface area contributed by atoms with Crippen LogP contribution in [-0.2, 0) is 6.42 Å². The quantitative estimate of drug-likeness (QED) is 0.688. The van der Waals surface area contributed by atoms with Gasteiger partial charge in [0.1, 0.15) is 0 Å². The van der Waals surface area contributed by atoms with E-state index in [1.807, 2.05) is 32.3 Å². The second-order valence-electron chi connectivity index (χ2n) is 5.87. The number of hydrogen-bond acceptors (Lipinski definition) is 5. The Labute approximate surface area is 143 Å². The van der Waals surface area contributed by atoms with Crippen LogP contribution in [0.5, 0.6) is 0 Å². The molecule has 1 heterocycles. The lowest BCUT2D eigenvalue weighted by atomic mass is 10.1. The van der Waals surface area contributed by atoms with Crippen molar-refractivity contribution in [3.63, 3.8) is 0 Å². The summed E-state index contributed by atoms with van der Waals surface area (Å²) in [6.07, 6.45) is 4.96. The molecule has 0 fully saturated rings. The number of carbonyl (C=O) groups excluding carboxylic acids is 1. The van der Waals surface area contributed by atoms with E-state index < -0.39 is 0 Å². The monoisotopic (exact) mass is 327 g/mol. The minimum Gasteiger partial charge on any atom is -0.353 e. The van der Waals surface area contributed by atoms with E-state index in [2.05, 4.69) is 37.6 Å². The molecule has 0 aliphatic carbocycles. The van der Waals surface area contributed by atoms with Crippen LogP contribution in [0.15, 0.2) is 42.7 Å². The third-order valence-corrected chi connectivity index (χ3v) is 3.53. The molecule has 1 amide bonds. The molecule has 0 aliphatic heterocycles. The number of nitrogens with one attached hydrogen (secondary N) is 2. The molecule has 0 unspecified atom stereocenters. The van der Waals surface area contributed by atoms with Gasteiger partial charge < -0.3 is 15.5 Å². The largest absolute Gasteiger partial charge is 0.353 e. The lowest BCUT2D eigenvalue weighted by Crippen LogP contribution is -2.25. The number of likely N-dealkylation sites (N-methyl/N-ethyl adjacent to an activating group) is 1. The molecule has 24 heavy (non-hydrogen) atoms. The topological polar surface area (TPSA) is 70.2 Å². The summed E-state index contributed by atoms with van der Waals surface area (Å²) in [4.78, 5) is 22.5. The fraction of sp³-hybridized carbons (Fsp3) is 0.389. The number of nitrogens with zero attached hydrogens (tertiary/aromatic N) is 3. The van der Waals surface area contributed by atoms with E-state index in [0.717, 1.165) is 25.9 Å². The van der Waals surface area contributed by atoms with Crippen molar-refractivity contribution < 1.29 is 4.79 Å². The first-order valence-electron chi connectivity index (χ1n) is 8.18. The highest BCUT2D eigenvalue weighted by Gasteiger charge is 2.06. The molecule has 2 aromatic rings. The van der Waals surface area contributed by atoms with Crippen LogP contribution < -0.4 is 10.6 Å². The van der Waals surface area contributed by atoms with Gasteiger partial charge in [-0.05, 0) is 32.5 Å². The summed E-state index contributed by atoms with van der Waals surface area (Å²) in [5.41, 5.74) is 1.76. The van der Waals surface area contributed by atoms with E-state index in [-0.39, 0.29) is 5.91 Å². The molecule has 6 heteroatoms. The normalized spacial score (nSPS) is 10.6. The standard InChI is InChI=1S/C18H25N5O/c1-23(2)12-11-20-18-21-13-16(14-22-18)17(24)19-10-6-9-15-7-4-3-5-8-15/h3-5,7-8,13-14H,6,9-12H2,1-2H3,(H,19,24)(H,20,21,22). The Morgan fingerprint density at radius 2 is 1.79 bits per heavy atom. The molecule has 0 saturated heterocycles. The molecule has 1 aromatic heterocycles. The van der Waals surface area contributed by atoms with E-state index in [1.54, 1.807) is 12.4 Å². The zero-order valence-corrected chi connectivity index (χ0v) is 14.3. The van der Waals surface area contributed by atoms with Crippen LogP contribution in [0.3, 0.4) is 0 Å². The maximum absolute atomic E-state index is 12.1. The molecule has 0 bridgehead atoms. The second kappa shape index (κ2) is 9.62. The Morgan fingerprint density at radius 3 is 2.46 bits per heavy atom. The van der Waals surface area contributed by atoms with E-state index in [0.29, 0.717) is 18.1 Å². The third-order valence-electron chi connectivity index (χ3n) is 3.53. The number of aryl methyl sites for hydroxylation is 1. The molecule has 2 rings (SSSR count). The highest BCUT2D eigenvalue weighted by Crippen LogP contribution is 2.03. The summed E-state index contributed by atoms with van der Waals surface area (Å²) < 4.78 is 0. The van der Waals surface area contributed by atoms with Gasteiger partial charge in [-0.25, -0.2) is 9.97 Å². The summed E-state index contributed by atoms with van der Waals surface area (Å²) >= 11 is 0. The van der Waals surface area contributed by atoms with E-state index in [4.69, 9.17) is 0 Å². The molecular weight excluding hydrogens is 302 g/mol. The zero-order chi connectivity index (χ0) is 17.2. The second-order valence-corrected chi connectivity index (χ2v) is 5.87. The first kappa shape index (κ1) is 17.9. The van der Waals surface area contributed by atoms with Gasteiger partial charge in [-0.1, -0.05) is 30.3 Å². The van der Waals surface area contributed by atoms with Crippen molar-refractivity contribution in [1.82, 2.24) is 20.2 Å². The number of benzene rings is 1. The summed E-state index contributed by atoms with van der Waals surface area (Å²) in [7, 11) is 4.02. The predicted molar refractivity (Wildman–Crippen MR) is 96.2 cm³/mol. The molecule has 0 saturated carbocycles. The predicted octanol–water partition coefficient (Wildman–Crippen LogP) is 1.81. The number of aromatic nitrogens is 2. The zero-order valence-electron chi connectivity index (χ0n) is 14.3. The Morgan fingerprint density at radius 1 is 1.08 bits per heavy atom. The highest BCUT2D eigenvalue weighted by atomic mass is 16.1. The summed E-state index contributed by atoms with van der Waals surface area (Å²) in [6.45, 7) is 2.29. The van der Waals surface area contributed by atoms with Crippen LogP contribution in [-0.4, -0.2) is 54.5 Å². The van der Waals surface area contributed by atoms with Crippen LogP contribution in [0, 0.1) is 0 Å². The van der Waals surface area contributed by atoms with Crippen LogP contribution in [0.4, 0.5) is 5.95 Å². The number of carbonyl (C=O) groups is 1.